The molecule has 3 aromatic carbocycles. The third-order valence-corrected chi connectivity index (χ3v) is 9.07. The van der Waals surface area contributed by atoms with Gasteiger partial charge in [0.1, 0.15) is 5.75 Å². The summed E-state index contributed by atoms with van der Waals surface area (Å²) in [6.45, 7) is 2.90. The highest BCUT2D eigenvalue weighted by Crippen LogP contribution is 2.28. The first-order valence-electron chi connectivity index (χ1n) is 19.1. The first kappa shape index (κ1) is 41.8. The molecule has 3 aromatic rings. The SMILES string of the molecule is CCCCCCCCCCCCCCCCCCOc1ccc(C(=O)CC(=O)Nc2ccc(Nc3ccccc3C(=O)OC)c(C(=O)OC)c2)cc1. The molecule has 0 radical (unpaired) electrons. The largest absolute Gasteiger partial charge is 0.494 e. The molecule has 0 bridgehead atoms. The van der Waals surface area contributed by atoms with Crippen molar-refractivity contribution in [1.82, 2.24) is 0 Å². The minimum atomic E-state index is -0.651. The summed E-state index contributed by atoms with van der Waals surface area (Å²) in [5, 5.41) is 5.76. The number of ketones is 1. The zero-order chi connectivity index (χ0) is 37.4. The quantitative estimate of drug-likeness (QED) is 0.0365. The lowest BCUT2D eigenvalue weighted by molar-refractivity contribution is -0.115. The van der Waals surface area contributed by atoms with Crippen LogP contribution in [-0.2, 0) is 14.3 Å². The minimum Gasteiger partial charge on any atom is -0.494 e. The molecule has 0 atom stereocenters. The second kappa shape index (κ2) is 24.5. The summed E-state index contributed by atoms with van der Waals surface area (Å²) in [4.78, 5) is 50.4. The van der Waals surface area contributed by atoms with E-state index in [-0.39, 0.29) is 23.3 Å². The van der Waals surface area contributed by atoms with Crippen molar-refractivity contribution >= 4 is 40.7 Å². The van der Waals surface area contributed by atoms with E-state index in [4.69, 9.17) is 14.2 Å². The number of carbonyl (C=O) groups is 4. The van der Waals surface area contributed by atoms with Crippen LogP contribution >= 0.6 is 0 Å². The predicted octanol–water partition coefficient (Wildman–Crippen LogP) is 10.9. The first-order chi connectivity index (χ1) is 25.4. The van der Waals surface area contributed by atoms with Gasteiger partial charge in [-0.25, -0.2) is 9.59 Å². The molecule has 9 heteroatoms. The lowest BCUT2D eigenvalue weighted by atomic mass is 10.0. The second-order valence-corrected chi connectivity index (χ2v) is 13.2. The fraction of sp³-hybridized carbons (Fsp3) is 0.488. The summed E-state index contributed by atoms with van der Waals surface area (Å²) >= 11 is 0. The normalized spacial score (nSPS) is 10.8. The number of hydrogen-bond acceptors (Lipinski definition) is 8. The number of unbranched alkanes of at least 4 members (excludes halogenated alkanes) is 15. The van der Waals surface area contributed by atoms with Crippen LogP contribution in [-0.4, -0.2) is 44.5 Å². The van der Waals surface area contributed by atoms with Crippen LogP contribution < -0.4 is 15.4 Å². The molecular formula is C43H58N2O7. The maximum atomic E-state index is 12.8. The predicted molar refractivity (Wildman–Crippen MR) is 208 cm³/mol. The number of anilines is 3. The number of Topliss-reactive ketones (excluding diaryl/α,β-unsaturated/α-hetero) is 1. The highest BCUT2D eigenvalue weighted by atomic mass is 16.5. The molecule has 52 heavy (non-hydrogen) atoms. The number of para-hydroxylation sites is 1. The van der Waals surface area contributed by atoms with E-state index in [2.05, 4.69) is 17.6 Å². The zero-order valence-electron chi connectivity index (χ0n) is 31.4. The van der Waals surface area contributed by atoms with Crippen LogP contribution in [0.25, 0.3) is 0 Å². The van der Waals surface area contributed by atoms with Gasteiger partial charge in [-0.2, -0.15) is 0 Å². The topological polar surface area (TPSA) is 120 Å². The van der Waals surface area contributed by atoms with Gasteiger partial charge >= 0.3 is 11.9 Å². The third kappa shape index (κ3) is 15.3. The Morgan fingerprint density at radius 3 is 1.67 bits per heavy atom. The van der Waals surface area contributed by atoms with Gasteiger partial charge < -0.3 is 24.8 Å². The Hall–Kier alpha value is -4.66. The van der Waals surface area contributed by atoms with Crippen molar-refractivity contribution in [3.05, 3.63) is 83.4 Å². The summed E-state index contributed by atoms with van der Waals surface area (Å²) in [5.41, 5.74) is 1.91. The van der Waals surface area contributed by atoms with E-state index in [1.165, 1.54) is 110 Å². The Morgan fingerprint density at radius 2 is 1.10 bits per heavy atom. The van der Waals surface area contributed by atoms with Gasteiger partial charge in [0.25, 0.3) is 0 Å². The van der Waals surface area contributed by atoms with Gasteiger partial charge in [0, 0.05) is 11.3 Å². The Morgan fingerprint density at radius 1 is 0.577 bits per heavy atom. The van der Waals surface area contributed by atoms with Gasteiger partial charge in [0.2, 0.25) is 5.91 Å². The number of rotatable bonds is 26. The standard InChI is InChI=1S/C43H58N2O7/c1-4-5-6-7-8-9-10-11-12-13-14-15-16-17-18-21-30-52-35-27-24-33(25-28-35)40(46)32-41(47)44-34-26-29-39(37(31-34)43(49)51-3)45-38-23-20-19-22-36(38)42(48)50-2/h19-20,22-29,31,45H,4-18,21,30,32H2,1-3H3,(H,44,47). The molecule has 0 saturated heterocycles. The summed E-state index contributed by atoms with van der Waals surface area (Å²) in [6, 6.07) is 18.2. The average Bonchev–Trinajstić information content (AvgIpc) is 3.16. The maximum absolute atomic E-state index is 12.8. The molecule has 0 aliphatic carbocycles. The van der Waals surface area contributed by atoms with E-state index < -0.39 is 17.8 Å². The van der Waals surface area contributed by atoms with Crippen molar-refractivity contribution in [3.63, 3.8) is 0 Å². The molecule has 0 fully saturated rings. The molecule has 2 N–H and O–H groups in total. The molecule has 0 saturated carbocycles. The number of ether oxygens (including phenoxy) is 3. The van der Waals surface area contributed by atoms with Crippen LogP contribution in [0.1, 0.15) is 147 Å². The second-order valence-electron chi connectivity index (χ2n) is 13.2. The highest BCUT2D eigenvalue weighted by Gasteiger charge is 2.18. The molecule has 282 valence electrons. The van der Waals surface area contributed by atoms with Crippen molar-refractivity contribution in [2.75, 3.05) is 31.5 Å². The Balaban J connectivity index is 1.34. The number of nitrogens with one attached hydrogen (secondary N) is 2. The van der Waals surface area contributed by atoms with E-state index in [1.807, 2.05) is 0 Å². The molecule has 3 rings (SSSR count). The van der Waals surface area contributed by atoms with Crippen molar-refractivity contribution in [3.8, 4) is 5.75 Å². The van der Waals surface area contributed by atoms with Crippen LogP contribution in [0.3, 0.4) is 0 Å². The van der Waals surface area contributed by atoms with E-state index in [1.54, 1.807) is 60.7 Å². The molecular weight excluding hydrogens is 656 g/mol. The van der Waals surface area contributed by atoms with Crippen molar-refractivity contribution in [1.29, 1.82) is 0 Å². The molecule has 0 aliphatic heterocycles. The fourth-order valence-electron chi connectivity index (χ4n) is 6.07. The van der Waals surface area contributed by atoms with E-state index in [9.17, 15) is 19.2 Å². The van der Waals surface area contributed by atoms with E-state index >= 15 is 0 Å². The van der Waals surface area contributed by atoms with Crippen LogP contribution in [0.15, 0.2) is 66.7 Å². The van der Waals surface area contributed by atoms with Crippen molar-refractivity contribution < 1.29 is 33.4 Å². The van der Waals surface area contributed by atoms with Crippen molar-refractivity contribution in [2.45, 2.75) is 116 Å². The van der Waals surface area contributed by atoms with Gasteiger partial charge in [-0.05, 0) is 61.0 Å². The lowest BCUT2D eigenvalue weighted by Crippen LogP contribution is -2.17. The van der Waals surface area contributed by atoms with Gasteiger partial charge in [-0.15, -0.1) is 0 Å². The lowest BCUT2D eigenvalue weighted by Gasteiger charge is -2.15. The number of carbonyl (C=O) groups excluding carboxylic acids is 4. The van der Waals surface area contributed by atoms with E-state index in [0.29, 0.717) is 35.0 Å². The number of esters is 2. The number of methoxy groups -OCH3 is 2. The molecule has 1 amide bonds. The van der Waals surface area contributed by atoms with Gasteiger partial charge in [-0.3, -0.25) is 9.59 Å². The highest BCUT2D eigenvalue weighted by molar-refractivity contribution is 6.11. The summed E-state index contributed by atoms with van der Waals surface area (Å²) < 4.78 is 15.7. The monoisotopic (exact) mass is 714 g/mol. The number of amides is 1. The molecule has 0 spiro atoms. The average molecular weight is 715 g/mol. The van der Waals surface area contributed by atoms with Crippen LogP contribution in [0.4, 0.5) is 17.1 Å². The van der Waals surface area contributed by atoms with Crippen LogP contribution in [0.5, 0.6) is 5.75 Å². The van der Waals surface area contributed by atoms with Gasteiger partial charge in [-0.1, -0.05) is 115 Å². The summed E-state index contributed by atoms with van der Waals surface area (Å²) in [6.07, 6.45) is 20.8. The molecule has 9 nitrogen and oxygen atoms in total. The summed E-state index contributed by atoms with van der Waals surface area (Å²) in [7, 11) is 2.53. The maximum Gasteiger partial charge on any atom is 0.340 e. The van der Waals surface area contributed by atoms with Gasteiger partial charge in [0.15, 0.2) is 5.78 Å². The molecule has 0 aliphatic rings. The number of hydrogen-bond donors (Lipinski definition) is 2. The molecule has 0 unspecified atom stereocenters. The zero-order valence-corrected chi connectivity index (χ0v) is 31.4. The third-order valence-electron chi connectivity index (χ3n) is 9.07. The number of benzene rings is 3. The van der Waals surface area contributed by atoms with Crippen LogP contribution in [0, 0.1) is 0 Å². The Bertz CT molecular complexity index is 1540. The summed E-state index contributed by atoms with van der Waals surface area (Å²) in [5.74, 6) is -1.36. The van der Waals surface area contributed by atoms with Gasteiger partial charge in [0.05, 0.1) is 49.7 Å². The fourth-order valence-corrected chi connectivity index (χ4v) is 6.07. The molecule has 0 heterocycles. The minimum absolute atomic E-state index is 0.126. The van der Waals surface area contributed by atoms with Crippen LogP contribution in [0.2, 0.25) is 0 Å². The Labute approximate surface area is 310 Å². The van der Waals surface area contributed by atoms with E-state index in [0.717, 1.165) is 12.8 Å². The Kier molecular flexibility index (Phi) is 19.7. The van der Waals surface area contributed by atoms with Crippen molar-refractivity contribution in [2.24, 2.45) is 0 Å². The smallest absolute Gasteiger partial charge is 0.340 e. The first-order valence-corrected chi connectivity index (χ1v) is 19.1. The molecule has 0 aromatic heterocycles.